The molecule has 0 spiro atoms. The van der Waals surface area contributed by atoms with E-state index in [1.807, 2.05) is 0 Å². The fourth-order valence-electron chi connectivity index (χ4n) is 5.64. The number of fused-ring (bicyclic) bond motifs is 8. The number of ether oxygens (including phenoxy) is 1. The van der Waals surface area contributed by atoms with E-state index in [0.717, 1.165) is 5.75 Å². The molecule has 0 fully saturated rings. The van der Waals surface area contributed by atoms with E-state index < -0.39 is 0 Å². The minimum atomic E-state index is -0.0295. The third-order valence-corrected chi connectivity index (χ3v) is 6.95. The van der Waals surface area contributed by atoms with Gasteiger partial charge in [0.05, 0.1) is 5.52 Å². The van der Waals surface area contributed by atoms with Crippen LogP contribution in [0.1, 0.15) is 29.0 Å². The van der Waals surface area contributed by atoms with Crippen molar-refractivity contribution in [3.63, 3.8) is 0 Å². The molecule has 4 heterocycles. The quantitative estimate of drug-likeness (QED) is 0.340. The van der Waals surface area contributed by atoms with Crippen LogP contribution >= 0.6 is 0 Å². The van der Waals surface area contributed by atoms with Crippen molar-refractivity contribution < 1.29 is 9.30 Å². The molecule has 30 heavy (non-hydrogen) atoms. The zero-order valence-corrected chi connectivity index (χ0v) is 17.0. The largest absolute Gasteiger partial charge is 0.469 e. The van der Waals surface area contributed by atoms with Crippen LogP contribution in [0.3, 0.4) is 0 Å². The second kappa shape index (κ2) is 5.51. The molecule has 2 aliphatic heterocycles. The highest BCUT2D eigenvalue weighted by atomic mass is 16.5. The van der Waals surface area contributed by atoms with Crippen LogP contribution in [0.2, 0.25) is 0 Å². The van der Waals surface area contributed by atoms with Crippen molar-refractivity contribution in [3.8, 4) is 17.0 Å². The molecule has 0 N–H and O–H groups in total. The van der Waals surface area contributed by atoms with Crippen LogP contribution in [0.4, 0.5) is 0 Å². The Morgan fingerprint density at radius 3 is 2.53 bits per heavy atom. The summed E-state index contributed by atoms with van der Waals surface area (Å²) in [6.07, 6.45) is -0.0295. The van der Waals surface area contributed by atoms with Gasteiger partial charge in [0.2, 0.25) is 11.4 Å². The summed E-state index contributed by atoms with van der Waals surface area (Å²) < 4.78 is 11.4. The minimum Gasteiger partial charge on any atom is -0.469 e. The van der Waals surface area contributed by atoms with Crippen LogP contribution in [0.15, 0.2) is 78.9 Å². The molecule has 2 unspecified atom stereocenters. The first-order valence-corrected chi connectivity index (χ1v) is 10.5. The van der Waals surface area contributed by atoms with Gasteiger partial charge in [-0.3, -0.25) is 4.57 Å². The summed E-state index contributed by atoms with van der Waals surface area (Å²) in [7, 11) is 2.21. The average Bonchev–Trinajstić information content (AvgIpc) is 3.40. The Bertz CT molecular complexity index is 1510. The Hall–Kier alpha value is -3.59. The van der Waals surface area contributed by atoms with Gasteiger partial charge in [-0.15, -0.1) is 0 Å². The molecular weight excluding hydrogens is 368 g/mol. The van der Waals surface area contributed by atoms with E-state index in [-0.39, 0.29) is 12.1 Å². The van der Waals surface area contributed by atoms with E-state index in [1.54, 1.807) is 0 Å². The highest BCUT2D eigenvalue weighted by Crippen LogP contribution is 2.55. The maximum absolute atomic E-state index is 6.54. The summed E-state index contributed by atoms with van der Waals surface area (Å²) in [6, 6.07) is 28.3. The minimum absolute atomic E-state index is 0.0295. The number of hydrogen-bond acceptors (Lipinski definition) is 1. The molecule has 144 valence electrons. The van der Waals surface area contributed by atoms with Gasteiger partial charge in [-0.25, -0.2) is 0 Å². The molecule has 0 radical (unpaired) electrons. The van der Waals surface area contributed by atoms with Crippen molar-refractivity contribution in [2.24, 2.45) is 7.05 Å². The lowest BCUT2D eigenvalue weighted by Gasteiger charge is -2.14. The molecule has 2 aliphatic rings. The molecule has 0 aliphatic carbocycles. The summed E-state index contributed by atoms with van der Waals surface area (Å²) >= 11 is 0. The van der Waals surface area contributed by atoms with Gasteiger partial charge in [-0.2, -0.15) is 4.57 Å². The number of benzene rings is 3. The van der Waals surface area contributed by atoms with Crippen molar-refractivity contribution in [2.45, 2.75) is 19.1 Å². The molecule has 7 rings (SSSR count). The van der Waals surface area contributed by atoms with E-state index in [2.05, 4.69) is 102 Å². The van der Waals surface area contributed by atoms with Crippen LogP contribution < -0.4 is 9.30 Å². The fraction of sp³-hybridized carbons (Fsp3) is 0.148. The van der Waals surface area contributed by atoms with Gasteiger partial charge in [0.1, 0.15) is 24.2 Å². The van der Waals surface area contributed by atoms with Crippen LogP contribution in [-0.2, 0) is 7.05 Å². The molecule has 0 saturated heterocycles. The van der Waals surface area contributed by atoms with Gasteiger partial charge < -0.3 is 4.74 Å². The van der Waals surface area contributed by atoms with Crippen molar-refractivity contribution in [2.75, 3.05) is 0 Å². The van der Waals surface area contributed by atoms with Gasteiger partial charge in [-0.05, 0) is 30.7 Å². The average molecular weight is 389 g/mol. The zero-order valence-electron chi connectivity index (χ0n) is 17.0. The highest BCUT2D eigenvalue weighted by Gasteiger charge is 2.50. The fourth-order valence-corrected chi connectivity index (χ4v) is 5.64. The van der Waals surface area contributed by atoms with Crippen LogP contribution in [0.25, 0.3) is 33.1 Å². The summed E-state index contributed by atoms with van der Waals surface area (Å²) in [6.45, 7) is 2.19. The summed E-state index contributed by atoms with van der Waals surface area (Å²) in [5, 5.41) is 2.61. The molecular formula is C27H21N2O+. The Morgan fingerprint density at radius 2 is 1.63 bits per heavy atom. The Kier molecular flexibility index (Phi) is 2.98. The van der Waals surface area contributed by atoms with E-state index >= 15 is 0 Å². The summed E-state index contributed by atoms with van der Waals surface area (Å²) in [5.74, 6) is 1.21. The van der Waals surface area contributed by atoms with E-state index in [1.165, 1.54) is 49.9 Å². The Morgan fingerprint density at radius 1 is 0.867 bits per heavy atom. The molecule has 0 amide bonds. The predicted molar refractivity (Wildman–Crippen MR) is 119 cm³/mol. The molecule has 3 heteroatoms. The SMILES string of the molecule is Cc1ccccc1-c1cc2c3ccccc3n3c2c([n+]1C)C1c2ccccc2OC13. The molecule has 0 saturated carbocycles. The lowest BCUT2D eigenvalue weighted by molar-refractivity contribution is -0.667. The number of rotatable bonds is 1. The van der Waals surface area contributed by atoms with E-state index in [0.29, 0.717) is 0 Å². The van der Waals surface area contributed by atoms with E-state index in [9.17, 15) is 0 Å². The predicted octanol–water partition coefficient (Wildman–Crippen LogP) is 5.63. The third kappa shape index (κ3) is 1.83. The first-order chi connectivity index (χ1) is 14.7. The molecule has 2 atom stereocenters. The Balaban J connectivity index is 1.66. The third-order valence-electron chi connectivity index (χ3n) is 6.95. The first kappa shape index (κ1) is 16.2. The van der Waals surface area contributed by atoms with E-state index in [4.69, 9.17) is 4.74 Å². The smallest absolute Gasteiger partial charge is 0.219 e. The lowest BCUT2D eigenvalue weighted by atomic mass is 9.93. The van der Waals surface area contributed by atoms with Crippen LogP contribution in [0.5, 0.6) is 5.75 Å². The molecule has 0 bridgehead atoms. The molecule has 2 aromatic heterocycles. The molecule has 3 nitrogen and oxygen atoms in total. The summed E-state index contributed by atoms with van der Waals surface area (Å²) in [5.41, 5.74) is 9.01. The number of hydrogen-bond donors (Lipinski definition) is 0. The van der Waals surface area contributed by atoms with Crippen LogP contribution in [0, 0.1) is 6.92 Å². The highest BCUT2D eigenvalue weighted by molar-refractivity contribution is 6.10. The number of nitrogens with zero attached hydrogens (tertiary/aromatic N) is 2. The Labute approximate surface area is 174 Å². The zero-order chi connectivity index (χ0) is 20.0. The monoisotopic (exact) mass is 389 g/mol. The second-order valence-corrected chi connectivity index (χ2v) is 8.46. The second-order valence-electron chi connectivity index (χ2n) is 8.46. The van der Waals surface area contributed by atoms with Crippen LogP contribution in [-0.4, -0.2) is 4.57 Å². The number of aryl methyl sites for hydroxylation is 1. The summed E-state index contributed by atoms with van der Waals surface area (Å²) in [4.78, 5) is 0. The number of para-hydroxylation sites is 2. The number of pyridine rings is 1. The molecule has 5 aromatic rings. The van der Waals surface area contributed by atoms with Gasteiger partial charge in [-0.1, -0.05) is 54.6 Å². The van der Waals surface area contributed by atoms with Gasteiger partial charge >= 0.3 is 0 Å². The normalized spacial score (nSPS) is 18.6. The van der Waals surface area contributed by atoms with Gasteiger partial charge in [0.15, 0.2) is 6.23 Å². The first-order valence-electron chi connectivity index (χ1n) is 10.5. The van der Waals surface area contributed by atoms with Crippen molar-refractivity contribution in [3.05, 3.63) is 95.7 Å². The van der Waals surface area contributed by atoms with Gasteiger partial charge in [0.25, 0.3) is 0 Å². The lowest BCUT2D eigenvalue weighted by Crippen LogP contribution is -2.37. The van der Waals surface area contributed by atoms with Crippen molar-refractivity contribution in [1.82, 2.24) is 4.57 Å². The maximum Gasteiger partial charge on any atom is 0.219 e. The number of aromatic nitrogens is 2. The standard InChI is InChI=1S/C27H21N2O/c1-16-9-3-4-10-17(16)22-15-20-18-11-5-7-13-21(18)29-25(20)26(28(22)2)24-19-12-6-8-14-23(19)30-27(24)29/h3-15,24,27H,1-2H3/q+1. The van der Waals surface area contributed by atoms with Crippen molar-refractivity contribution >= 4 is 21.8 Å². The topological polar surface area (TPSA) is 18.0 Å². The van der Waals surface area contributed by atoms with Crippen molar-refractivity contribution in [1.29, 1.82) is 0 Å². The maximum atomic E-state index is 6.54. The molecule has 3 aromatic carbocycles. The van der Waals surface area contributed by atoms with Gasteiger partial charge in [0, 0.05) is 28.0 Å².